The van der Waals surface area contributed by atoms with Crippen LogP contribution in [0.25, 0.3) is 0 Å². The van der Waals surface area contributed by atoms with Crippen LogP contribution < -0.4 is 0 Å². The molecule has 3 aliphatic carbocycles. The van der Waals surface area contributed by atoms with E-state index in [0.29, 0.717) is 16.6 Å². The number of allylic oxidation sites excluding steroid dienone is 12. The molecule has 0 amide bonds. The summed E-state index contributed by atoms with van der Waals surface area (Å²) in [5.41, 5.74) is 2.05. The summed E-state index contributed by atoms with van der Waals surface area (Å²) in [6, 6.07) is 1.44. The average molecular weight is 309 g/mol. The van der Waals surface area contributed by atoms with Crippen LogP contribution in [0.3, 0.4) is 0 Å². The van der Waals surface area contributed by atoms with E-state index in [1.54, 1.807) is 0 Å². The van der Waals surface area contributed by atoms with Crippen molar-refractivity contribution in [2.45, 2.75) is 55.3 Å². The second-order valence-electron chi connectivity index (χ2n) is 6.81. The largest absolute Gasteiger partial charge is 0.0864 e. The Bertz CT molecular complexity index is 439. The number of rotatable bonds is 8. The molecule has 0 saturated heterocycles. The Labute approximate surface area is 136 Å². The molecule has 0 unspecified atom stereocenters. The monoisotopic (exact) mass is 308 g/mol. The minimum atomic E-state index is -1.57. The third kappa shape index (κ3) is 2.92. The Kier molecular flexibility index (Phi) is 5.15. The first-order chi connectivity index (χ1) is 10.9. The zero-order valence-corrected chi connectivity index (χ0v) is 14.7. The SMILES string of the molecule is CCCCCC[Si](C1C=CC=C1)(C1C=CC=C1)C1C=CC=C1. The van der Waals surface area contributed by atoms with Gasteiger partial charge in [0.1, 0.15) is 0 Å². The number of hydrogen-bond donors (Lipinski definition) is 0. The van der Waals surface area contributed by atoms with Crippen molar-refractivity contribution in [2.75, 3.05) is 0 Å². The van der Waals surface area contributed by atoms with Crippen LogP contribution in [0, 0.1) is 0 Å². The van der Waals surface area contributed by atoms with Gasteiger partial charge in [-0.25, -0.2) is 0 Å². The maximum atomic E-state index is 2.48. The normalized spacial score (nSPS) is 21.1. The fraction of sp³-hybridized carbons (Fsp3) is 0.429. The van der Waals surface area contributed by atoms with E-state index in [2.05, 4.69) is 79.8 Å². The lowest BCUT2D eigenvalue weighted by atomic mass is 10.2. The maximum absolute atomic E-state index is 2.48. The summed E-state index contributed by atoms with van der Waals surface area (Å²) in [6.45, 7) is 2.30. The molecule has 0 aliphatic heterocycles. The molecule has 0 atom stereocenters. The van der Waals surface area contributed by atoms with Gasteiger partial charge in [0, 0.05) is 0 Å². The van der Waals surface area contributed by atoms with Crippen molar-refractivity contribution in [3.63, 3.8) is 0 Å². The molecular weight excluding hydrogens is 280 g/mol. The lowest BCUT2D eigenvalue weighted by Crippen LogP contribution is -2.45. The van der Waals surface area contributed by atoms with Crippen molar-refractivity contribution in [1.82, 2.24) is 0 Å². The maximum Gasteiger partial charge on any atom is 0.0864 e. The smallest absolute Gasteiger partial charge is 0.0803 e. The molecule has 0 aromatic rings. The minimum absolute atomic E-state index is 0.684. The second-order valence-corrected chi connectivity index (χ2v) is 11.5. The molecule has 0 N–H and O–H groups in total. The Balaban J connectivity index is 1.89. The Hall–Kier alpha value is -1.34. The molecule has 0 nitrogen and oxygen atoms in total. The van der Waals surface area contributed by atoms with E-state index < -0.39 is 8.07 Å². The van der Waals surface area contributed by atoms with Crippen LogP contribution in [0.2, 0.25) is 22.7 Å². The molecular formula is C21H28Si. The van der Waals surface area contributed by atoms with Crippen LogP contribution >= 0.6 is 0 Å². The van der Waals surface area contributed by atoms with Gasteiger partial charge in [-0.05, 0) is 16.6 Å². The van der Waals surface area contributed by atoms with Crippen LogP contribution in [0.5, 0.6) is 0 Å². The van der Waals surface area contributed by atoms with E-state index in [4.69, 9.17) is 0 Å². The van der Waals surface area contributed by atoms with E-state index in [1.165, 1.54) is 31.7 Å². The summed E-state index contributed by atoms with van der Waals surface area (Å²) in [6.07, 6.45) is 34.0. The Morgan fingerprint density at radius 2 is 1.00 bits per heavy atom. The zero-order chi connectivity index (χ0) is 15.3. The van der Waals surface area contributed by atoms with Gasteiger partial charge in [0.2, 0.25) is 0 Å². The van der Waals surface area contributed by atoms with Gasteiger partial charge >= 0.3 is 0 Å². The topological polar surface area (TPSA) is 0 Å². The first-order valence-corrected chi connectivity index (χ1v) is 11.4. The van der Waals surface area contributed by atoms with Crippen LogP contribution in [0.15, 0.2) is 72.9 Å². The molecule has 0 fully saturated rings. The zero-order valence-electron chi connectivity index (χ0n) is 13.7. The van der Waals surface area contributed by atoms with E-state index in [9.17, 15) is 0 Å². The summed E-state index contributed by atoms with van der Waals surface area (Å²) < 4.78 is 0. The lowest BCUT2D eigenvalue weighted by molar-refractivity contribution is 0.691. The van der Waals surface area contributed by atoms with Crippen LogP contribution in [-0.2, 0) is 0 Å². The molecule has 0 saturated carbocycles. The van der Waals surface area contributed by atoms with Crippen molar-refractivity contribution in [3.05, 3.63) is 72.9 Å². The van der Waals surface area contributed by atoms with Gasteiger partial charge in [-0.15, -0.1) is 0 Å². The van der Waals surface area contributed by atoms with Crippen molar-refractivity contribution in [1.29, 1.82) is 0 Å². The molecule has 0 aromatic carbocycles. The standard InChI is InChI=1S/C21H28Si/c1-2-3-4-11-18-22(19-12-5-6-13-19,20-14-7-8-15-20)21-16-9-10-17-21/h5-10,12-17,19-21H,2-4,11,18H2,1H3. The second kappa shape index (κ2) is 7.28. The summed E-state index contributed by atoms with van der Waals surface area (Å²) in [4.78, 5) is 0. The van der Waals surface area contributed by atoms with Crippen molar-refractivity contribution in [2.24, 2.45) is 0 Å². The van der Waals surface area contributed by atoms with Gasteiger partial charge in [-0.2, -0.15) is 0 Å². The molecule has 1 heteroatoms. The Morgan fingerprint density at radius 3 is 1.36 bits per heavy atom. The molecule has 0 heterocycles. The molecule has 0 aromatic heterocycles. The van der Waals surface area contributed by atoms with Crippen LogP contribution in [0.1, 0.15) is 32.6 Å². The highest BCUT2D eigenvalue weighted by Crippen LogP contribution is 2.52. The lowest BCUT2D eigenvalue weighted by Gasteiger charge is -2.43. The third-order valence-corrected chi connectivity index (χ3v) is 11.7. The van der Waals surface area contributed by atoms with Gasteiger partial charge in [0.05, 0.1) is 8.07 Å². The molecule has 0 radical (unpaired) electrons. The average Bonchev–Trinajstić information content (AvgIpc) is 3.29. The summed E-state index contributed by atoms with van der Waals surface area (Å²) in [5.74, 6) is 0. The number of unbranched alkanes of at least 4 members (excludes halogenated alkanes) is 3. The first-order valence-electron chi connectivity index (χ1n) is 8.93. The fourth-order valence-corrected chi connectivity index (χ4v) is 10.4. The quantitative estimate of drug-likeness (QED) is 0.354. The third-order valence-electron chi connectivity index (χ3n) is 5.57. The van der Waals surface area contributed by atoms with E-state index in [-0.39, 0.29) is 0 Å². The van der Waals surface area contributed by atoms with E-state index in [1.807, 2.05) is 0 Å². The molecule has 116 valence electrons. The van der Waals surface area contributed by atoms with Crippen molar-refractivity contribution >= 4 is 8.07 Å². The fourth-order valence-electron chi connectivity index (χ4n) is 4.40. The van der Waals surface area contributed by atoms with Gasteiger partial charge < -0.3 is 0 Å². The van der Waals surface area contributed by atoms with Gasteiger partial charge in [0.25, 0.3) is 0 Å². The predicted octanol–water partition coefficient (Wildman–Crippen LogP) is 6.50. The summed E-state index contributed by atoms with van der Waals surface area (Å²) in [5, 5.41) is 0. The first kappa shape index (κ1) is 15.5. The van der Waals surface area contributed by atoms with E-state index >= 15 is 0 Å². The van der Waals surface area contributed by atoms with Crippen LogP contribution in [0.4, 0.5) is 0 Å². The molecule has 3 rings (SSSR count). The number of hydrogen-bond acceptors (Lipinski definition) is 0. The molecule has 0 bridgehead atoms. The Morgan fingerprint density at radius 1 is 0.591 bits per heavy atom. The van der Waals surface area contributed by atoms with E-state index in [0.717, 1.165) is 0 Å². The summed E-state index contributed by atoms with van der Waals surface area (Å²) >= 11 is 0. The molecule has 0 spiro atoms. The minimum Gasteiger partial charge on any atom is -0.0803 e. The molecule has 22 heavy (non-hydrogen) atoms. The van der Waals surface area contributed by atoms with Crippen molar-refractivity contribution < 1.29 is 0 Å². The van der Waals surface area contributed by atoms with Gasteiger partial charge in [0.15, 0.2) is 0 Å². The van der Waals surface area contributed by atoms with Crippen LogP contribution in [-0.4, -0.2) is 8.07 Å². The van der Waals surface area contributed by atoms with Gasteiger partial charge in [-0.1, -0.05) is 112 Å². The highest BCUT2D eigenvalue weighted by molar-refractivity contribution is 6.86. The van der Waals surface area contributed by atoms with Crippen molar-refractivity contribution in [3.8, 4) is 0 Å². The van der Waals surface area contributed by atoms with Gasteiger partial charge in [-0.3, -0.25) is 0 Å². The highest BCUT2D eigenvalue weighted by Gasteiger charge is 2.48. The molecule has 3 aliphatic rings. The predicted molar refractivity (Wildman–Crippen MR) is 101 cm³/mol. The summed E-state index contributed by atoms with van der Waals surface area (Å²) in [7, 11) is -1.57. The highest BCUT2D eigenvalue weighted by atomic mass is 28.3.